The molecule has 0 fully saturated rings. The number of hydrogen-bond donors (Lipinski definition) is 3. The number of carbonyl (C=O) groups excluding carboxylic acids is 1. The van der Waals surface area contributed by atoms with Gasteiger partial charge in [0, 0.05) is 18.6 Å². The third-order valence-electron chi connectivity index (χ3n) is 5.03. The third kappa shape index (κ3) is 7.53. The average molecular weight is 437 g/mol. The van der Waals surface area contributed by atoms with Gasteiger partial charge in [-0.2, -0.15) is 8.42 Å². The Labute approximate surface area is 179 Å². The molecule has 0 atom stereocenters. The van der Waals surface area contributed by atoms with E-state index < -0.39 is 15.8 Å². The number of benzene rings is 2. The lowest BCUT2D eigenvalue weighted by molar-refractivity contribution is -0.122. The van der Waals surface area contributed by atoms with Gasteiger partial charge in [0.25, 0.3) is 0 Å². The molecule has 2 aromatic rings. The van der Waals surface area contributed by atoms with E-state index in [1.165, 1.54) is 0 Å². The quantitative estimate of drug-likeness (QED) is 0.546. The molecule has 0 aliphatic carbocycles. The number of amides is 1. The van der Waals surface area contributed by atoms with Gasteiger partial charge in [-0.15, -0.1) is 0 Å². The Bertz CT molecular complexity index is 829. The molecule has 8 heteroatoms. The first-order valence-corrected chi connectivity index (χ1v) is 11.2. The normalized spacial score (nSPS) is 12.0. The first-order valence-electron chi connectivity index (χ1n) is 9.76. The molecule has 0 aliphatic heterocycles. The van der Waals surface area contributed by atoms with E-state index in [1.54, 1.807) is 0 Å². The molecule has 0 unspecified atom stereocenters. The van der Waals surface area contributed by atoms with E-state index in [1.807, 2.05) is 60.7 Å². The molecule has 1 amide bonds. The van der Waals surface area contributed by atoms with Crippen molar-refractivity contribution in [1.29, 1.82) is 0 Å². The van der Waals surface area contributed by atoms with Crippen LogP contribution in [0.25, 0.3) is 0 Å². The topological polar surface area (TPSA) is 121 Å². The summed E-state index contributed by atoms with van der Waals surface area (Å²) in [7, 11) is -4.67. The maximum Gasteiger partial charge on any atom is 0.394 e. The smallest absolute Gasteiger partial charge is 0.369 e. The Balaban J connectivity index is 0.000000804. The van der Waals surface area contributed by atoms with Crippen LogP contribution in [0.1, 0.15) is 45.2 Å². The van der Waals surface area contributed by atoms with Crippen molar-refractivity contribution in [3.8, 4) is 0 Å². The van der Waals surface area contributed by atoms with Crippen molar-refractivity contribution in [2.75, 3.05) is 6.54 Å². The minimum atomic E-state index is -4.67. The molecule has 0 heterocycles. The van der Waals surface area contributed by atoms with E-state index in [0.29, 0.717) is 18.5 Å². The fourth-order valence-electron chi connectivity index (χ4n) is 3.72. The average Bonchev–Trinajstić information content (AvgIpc) is 2.64. The van der Waals surface area contributed by atoms with E-state index in [2.05, 4.69) is 32.6 Å². The largest absolute Gasteiger partial charge is 0.394 e. The first-order chi connectivity index (χ1) is 13.9. The second kappa shape index (κ2) is 11.2. The molecule has 0 radical (unpaired) electrons. The number of hydrogen-bond acceptors (Lipinski definition) is 4. The maximum absolute atomic E-state index is 12.8. The SMILES string of the molecule is CC(C)N(CCC(C(N)=O)(c1ccccc1)c1ccccc1)C(C)C.O=S(=O)(O)O. The number of primary amides is 1. The van der Waals surface area contributed by atoms with Crippen LogP contribution in [0, 0.1) is 0 Å². The standard InChI is InChI=1S/C22H30N2O.H2O4S/c1-17(2)24(18(3)4)16-15-22(21(23)25,19-11-7-5-8-12-19)20-13-9-6-10-14-20;1-5(2,3)4/h5-14,17-18H,15-16H2,1-4H3,(H2,23,25);(H2,1,2,3,4). The molecule has 0 spiro atoms. The summed E-state index contributed by atoms with van der Waals surface area (Å²) in [6.45, 7) is 9.57. The molecular weight excluding hydrogens is 404 g/mol. The van der Waals surface area contributed by atoms with E-state index in [0.717, 1.165) is 17.7 Å². The number of carbonyl (C=O) groups is 1. The molecule has 2 aromatic carbocycles. The Morgan fingerprint density at radius 1 is 0.900 bits per heavy atom. The van der Waals surface area contributed by atoms with E-state index in [4.69, 9.17) is 23.3 Å². The summed E-state index contributed by atoms with van der Waals surface area (Å²) >= 11 is 0. The lowest BCUT2D eigenvalue weighted by Gasteiger charge is -2.37. The first kappa shape index (κ1) is 25.8. The highest BCUT2D eigenvalue weighted by Crippen LogP contribution is 2.36. The fraction of sp³-hybridized carbons (Fsp3) is 0.409. The zero-order chi connectivity index (χ0) is 22.9. The van der Waals surface area contributed by atoms with Crippen LogP contribution in [0.5, 0.6) is 0 Å². The molecule has 166 valence electrons. The molecule has 0 saturated carbocycles. The van der Waals surface area contributed by atoms with Crippen LogP contribution in [0.4, 0.5) is 0 Å². The van der Waals surface area contributed by atoms with E-state index >= 15 is 0 Å². The van der Waals surface area contributed by atoms with Crippen molar-refractivity contribution in [3.05, 3.63) is 71.8 Å². The predicted octanol–water partition coefficient (Wildman–Crippen LogP) is 3.31. The second-order valence-corrected chi connectivity index (χ2v) is 8.52. The van der Waals surface area contributed by atoms with Gasteiger partial charge in [-0.05, 0) is 45.2 Å². The molecule has 0 aliphatic rings. The molecule has 0 saturated heterocycles. The van der Waals surface area contributed by atoms with Gasteiger partial charge in [0.15, 0.2) is 0 Å². The molecule has 0 bridgehead atoms. The van der Waals surface area contributed by atoms with E-state index in [9.17, 15) is 4.79 Å². The van der Waals surface area contributed by atoms with Crippen molar-refractivity contribution in [2.45, 2.75) is 51.6 Å². The number of nitrogens with zero attached hydrogens (tertiary/aromatic N) is 1. The summed E-state index contributed by atoms with van der Waals surface area (Å²) in [4.78, 5) is 15.2. The maximum atomic E-state index is 12.8. The van der Waals surface area contributed by atoms with Crippen LogP contribution in [0.15, 0.2) is 60.7 Å². The molecule has 30 heavy (non-hydrogen) atoms. The van der Waals surface area contributed by atoms with Gasteiger partial charge in [0.1, 0.15) is 0 Å². The zero-order valence-electron chi connectivity index (χ0n) is 17.9. The Morgan fingerprint density at radius 2 is 1.23 bits per heavy atom. The Kier molecular flexibility index (Phi) is 9.64. The van der Waals surface area contributed by atoms with Crippen LogP contribution >= 0.6 is 0 Å². The lowest BCUT2D eigenvalue weighted by atomic mass is 9.71. The monoisotopic (exact) mass is 436 g/mol. The van der Waals surface area contributed by atoms with Crippen molar-refractivity contribution < 1.29 is 22.3 Å². The summed E-state index contributed by atoms with van der Waals surface area (Å²) in [5, 5.41) is 0. The lowest BCUT2D eigenvalue weighted by Crippen LogP contribution is -2.47. The molecule has 7 nitrogen and oxygen atoms in total. The summed E-state index contributed by atoms with van der Waals surface area (Å²) < 4.78 is 31.6. The van der Waals surface area contributed by atoms with E-state index in [-0.39, 0.29) is 5.91 Å². The predicted molar refractivity (Wildman–Crippen MR) is 119 cm³/mol. The minimum Gasteiger partial charge on any atom is -0.369 e. The van der Waals surface area contributed by atoms with Crippen LogP contribution in [0.2, 0.25) is 0 Å². The van der Waals surface area contributed by atoms with Crippen molar-refractivity contribution in [2.24, 2.45) is 5.73 Å². The van der Waals surface area contributed by atoms with Gasteiger partial charge in [0.05, 0.1) is 5.41 Å². The fourth-order valence-corrected chi connectivity index (χ4v) is 3.72. The van der Waals surface area contributed by atoms with Crippen LogP contribution < -0.4 is 5.73 Å². The molecule has 0 aromatic heterocycles. The van der Waals surface area contributed by atoms with Gasteiger partial charge < -0.3 is 5.73 Å². The van der Waals surface area contributed by atoms with Gasteiger partial charge in [0.2, 0.25) is 5.91 Å². The third-order valence-corrected chi connectivity index (χ3v) is 5.03. The summed E-state index contributed by atoms with van der Waals surface area (Å²) in [6.07, 6.45) is 0.659. The number of nitrogens with two attached hydrogens (primary N) is 1. The molecule has 2 rings (SSSR count). The van der Waals surface area contributed by atoms with Gasteiger partial charge in [-0.25, -0.2) is 0 Å². The zero-order valence-corrected chi connectivity index (χ0v) is 18.7. The highest BCUT2D eigenvalue weighted by molar-refractivity contribution is 7.79. The summed E-state index contributed by atoms with van der Waals surface area (Å²) in [6, 6.07) is 20.7. The van der Waals surface area contributed by atoms with Crippen LogP contribution in [-0.4, -0.2) is 47.0 Å². The molecular formula is C22H32N2O5S. The van der Waals surface area contributed by atoms with Gasteiger partial charge in [-0.1, -0.05) is 60.7 Å². The van der Waals surface area contributed by atoms with Gasteiger partial charge >= 0.3 is 10.4 Å². The van der Waals surface area contributed by atoms with Crippen molar-refractivity contribution >= 4 is 16.3 Å². The summed E-state index contributed by atoms with van der Waals surface area (Å²) in [5.41, 5.74) is 7.12. The van der Waals surface area contributed by atoms with Gasteiger partial charge in [-0.3, -0.25) is 18.8 Å². The Morgan fingerprint density at radius 3 is 1.50 bits per heavy atom. The molecule has 4 N–H and O–H groups in total. The van der Waals surface area contributed by atoms with Crippen molar-refractivity contribution in [1.82, 2.24) is 4.90 Å². The minimum absolute atomic E-state index is 0.294. The highest BCUT2D eigenvalue weighted by Gasteiger charge is 2.40. The Hall–Kier alpha value is -2.26. The van der Waals surface area contributed by atoms with Crippen LogP contribution in [-0.2, 0) is 20.6 Å². The second-order valence-electron chi connectivity index (χ2n) is 7.62. The number of rotatable bonds is 8. The van der Waals surface area contributed by atoms with Crippen LogP contribution in [0.3, 0.4) is 0 Å². The highest BCUT2D eigenvalue weighted by atomic mass is 32.3. The van der Waals surface area contributed by atoms with Crippen molar-refractivity contribution in [3.63, 3.8) is 0 Å². The summed E-state index contributed by atoms with van der Waals surface area (Å²) in [5.74, 6) is -0.294.